The summed E-state index contributed by atoms with van der Waals surface area (Å²) in [6.07, 6.45) is -1.14. The molecule has 0 rings (SSSR count). The van der Waals surface area contributed by atoms with Crippen LogP contribution in [0.2, 0.25) is 0 Å². The summed E-state index contributed by atoms with van der Waals surface area (Å²) in [6, 6.07) is 0. The number of carbonyl (C=O) groups excluding carboxylic acids is 1. The Hall–Kier alpha value is -0.200. The zero-order valence-corrected chi connectivity index (χ0v) is 7.54. The maximum Gasteiger partial charge on any atom is 0.423 e. The van der Waals surface area contributed by atoms with Crippen LogP contribution in [0.4, 0.5) is 4.79 Å². The molecule has 0 radical (unpaired) electrons. The van der Waals surface area contributed by atoms with Gasteiger partial charge in [0.2, 0.25) is 0 Å². The van der Waals surface area contributed by atoms with Gasteiger partial charge in [0.15, 0.2) is 0 Å². The fourth-order valence-corrected chi connectivity index (χ4v) is 0.775. The zero-order chi connectivity index (χ0) is 8.91. The second-order valence-electron chi connectivity index (χ2n) is 1.38. The number of carbonyl (C=O) groups is 1. The summed E-state index contributed by atoms with van der Waals surface area (Å²) in [6.45, 7) is 0.118. The van der Waals surface area contributed by atoms with Crippen molar-refractivity contribution in [3.8, 4) is 0 Å². The van der Waals surface area contributed by atoms with Gasteiger partial charge in [-0.25, -0.2) is 4.79 Å². The molecule has 5 nitrogen and oxygen atoms in total. The highest BCUT2D eigenvalue weighted by Gasteiger charge is 2.11. The van der Waals surface area contributed by atoms with Gasteiger partial charge in [-0.05, 0) is 0 Å². The molecule has 0 aromatic heterocycles. The molecule has 0 aliphatic heterocycles. The van der Waals surface area contributed by atoms with Crippen molar-refractivity contribution in [1.29, 1.82) is 0 Å². The van der Waals surface area contributed by atoms with Gasteiger partial charge in [-0.3, -0.25) is 0 Å². The van der Waals surface area contributed by atoms with Crippen LogP contribution in [0.25, 0.3) is 0 Å². The van der Waals surface area contributed by atoms with E-state index < -0.39 is 15.4 Å². The lowest BCUT2D eigenvalue weighted by atomic mass is 10.7. The first-order chi connectivity index (χ1) is 4.95. The van der Waals surface area contributed by atoms with Crippen molar-refractivity contribution < 1.29 is 17.4 Å². The average molecular weight is 222 g/mol. The van der Waals surface area contributed by atoms with Crippen LogP contribution in [0.15, 0.2) is 0 Å². The number of hydrogen-bond acceptors (Lipinski definition) is 4. The summed E-state index contributed by atoms with van der Waals surface area (Å²) >= 11 is 5.16. The van der Waals surface area contributed by atoms with Crippen molar-refractivity contribution in [1.82, 2.24) is 5.32 Å². The first kappa shape index (κ1) is 10.8. The predicted octanol–water partition coefficient (Wildman–Crippen LogP) is 0.435. The normalized spacial score (nSPS) is 10.7. The summed E-state index contributed by atoms with van der Waals surface area (Å²) < 4.78 is 23.8. The fourth-order valence-electron chi connectivity index (χ4n) is 0.269. The molecule has 0 aliphatic rings. The van der Waals surface area contributed by atoms with Crippen LogP contribution < -0.4 is 5.32 Å². The number of nitrogens with one attached hydrogen (secondary N) is 1. The van der Waals surface area contributed by atoms with Crippen molar-refractivity contribution in [2.45, 2.75) is 0 Å². The Balaban J connectivity index is 3.71. The Morgan fingerprint density at radius 2 is 2.09 bits per heavy atom. The number of hydrogen-bond donors (Lipinski definition) is 1. The lowest BCUT2D eigenvalue weighted by Crippen LogP contribution is -2.27. The quantitative estimate of drug-likeness (QED) is 0.555. The molecule has 11 heavy (non-hydrogen) atoms. The third kappa shape index (κ3) is 7.70. The largest absolute Gasteiger partial charge is 0.423 e. The summed E-state index contributed by atoms with van der Waals surface area (Å²) in [5, 5.41) is 2.03. The molecule has 8 heteroatoms. The topological polar surface area (TPSA) is 72.5 Å². The molecule has 1 amide bonds. The first-order valence-corrected chi connectivity index (χ1v) is 5.20. The van der Waals surface area contributed by atoms with E-state index in [4.69, 9.17) is 11.6 Å². The van der Waals surface area contributed by atoms with E-state index in [9.17, 15) is 13.2 Å². The predicted molar refractivity (Wildman–Crippen MR) is 40.0 cm³/mol. The minimum atomic E-state index is -4.24. The van der Waals surface area contributed by atoms with E-state index >= 15 is 0 Å². The van der Waals surface area contributed by atoms with Crippen molar-refractivity contribution in [2.24, 2.45) is 0 Å². The molecule has 0 saturated heterocycles. The van der Waals surface area contributed by atoms with Gasteiger partial charge in [-0.1, -0.05) is 0 Å². The Morgan fingerprint density at radius 1 is 1.55 bits per heavy atom. The minimum Gasteiger partial charge on any atom is -0.319 e. The Labute approximate surface area is 73.2 Å². The molecular formula is C3H5Cl2NO4S. The van der Waals surface area contributed by atoms with Crippen LogP contribution in [0.3, 0.4) is 0 Å². The Bertz CT molecular complexity index is 225. The molecule has 1 N–H and O–H groups in total. The average Bonchev–Trinajstić information content (AvgIpc) is 1.79. The summed E-state index contributed by atoms with van der Waals surface area (Å²) in [7, 11) is 0.326. The third-order valence-electron chi connectivity index (χ3n) is 0.539. The standard InChI is InChI=1S/C3H5Cl2NO4S/c4-1-2-6-3(7)10-11(5,8)9/h1-2H2,(H,6,7). The molecule has 0 unspecified atom stereocenters. The molecule has 0 aliphatic carbocycles. The van der Waals surface area contributed by atoms with Gasteiger partial charge in [-0.2, -0.15) is 8.42 Å². The fraction of sp³-hybridized carbons (Fsp3) is 0.667. The monoisotopic (exact) mass is 221 g/mol. The summed E-state index contributed by atoms with van der Waals surface area (Å²) in [5.41, 5.74) is 0. The molecular weight excluding hydrogens is 217 g/mol. The van der Waals surface area contributed by atoms with Crippen molar-refractivity contribution in [2.75, 3.05) is 12.4 Å². The van der Waals surface area contributed by atoms with Gasteiger partial charge in [0.1, 0.15) is 0 Å². The molecule has 0 aromatic rings. The lowest BCUT2D eigenvalue weighted by Gasteiger charge is -1.99. The van der Waals surface area contributed by atoms with E-state index in [1.54, 1.807) is 0 Å². The highest BCUT2D eigenvalue weighted by molar-refractivity contribution is 8.10. The van der Waals surface area contributed by atoms with Gasteiger partial charge in [0.25, 0.3) is 0 Å². The zero-order valence-electron chi connectivity index (χ0n) is 5.21. The maximum atomic E-state index is 10.4. The van der Waals surface area contributed by atoms with Crippen LogP contribution in [-0.2, 0) is 13.5 Å². The maximum absolute atomic E-state index is 10.4. The van der Waals surface area contributed by atoms with Crippen LogP contribution >= 0.6 is 22.3 Å². The smallest absolute Gasteiger partial charge is 0.319 e. The van der Waals surface area contributed by atoms with Gasteiger partial charge in [-0.15, -0.1) is 11.6 Å². The van der Waals surface area contributed by atoms with Gasteiger partial charge >= 0.3 is 15.4 Å². The molecule has 0 bridgehead atoms. The lowest BCUT2D eigenvalue weighted by molar-refractivity contribution is 0.204. The summed E-state index contributed by atoms with van der Waals surface area (Å²) in [5.74, 6) is 0.164. The van der Waals surface area contributed by atoms with Crippen molar-refractivity contribution in [3.05, 3.63) is 0 Å². The molecule has 0 spiro atoms. The van der Waals surface area contributed by atoms with E-state index in [0.717, 1.165) is 0 Å². The van der Waals surface area contributed by atoms with Gasteiger partial charge in [0, 0.05) is 12.4 Å². The van der Waals surface area contributed by atoms with Gasteiger partial charge in [0.05, 0.1) is 10.7 Å². The number of alkyl halides is 1. The number of amides is 1. The van der Waals surface area contributed by atoms with Crippen molar-refractivity contribution in [3.63, 3.8) is 0 Å². The highest BCUT2D eigenvalue weighted by atomic mass is 35.7. The minimum absolute atomic E-state index is 0.118. The van der Waals surface area contributed by atoms with Crippen LogP contribution in [0, 0.1) is 0 Å². The SMILES string of the molecule is O=C(NCCCl)OS(=O)(=O)Cl. The molecule has 0 saturated carbocycles. The van der Waals surface area contributed by atoms with Crippen LogP contribution in [0.5, 0.6) is 0 Å². The van der Waals surface area contributed by atoms with E-state index in [-0.39, 0.29) is 12.4 Å². The van der Waals surface area contributed by atoms with Gasteiger partial charge < -0.3 is 9.50 Å². The summed E-state index contributed by atoms with van der Waals surface area (Å²) in [4.78, 5) is 10.4. The molecule has 0 aromatic carbocycles. The van der Waals surface area contributed by atoms with Crippen molar-refractivity contribution >= 4 is 37.7 Å². The Morgan fingerprint density at radius 3 is 2.45 bits per heavy atom. The molecule has 0 atom stereocenters. The number of rotatable bonds is 3. The number of halogens is 2. The highest BCUT2D eigenvalue weighted by Crippen LogP contribution is 1.97. The van der Waals surface area contributed by atoms with E-state index in [2.05, 4.69) is 14.9 Å². The molecule has 0 fully saturated rings. The third-order valence-corrected chi connectivity index (χ3v) is 1.27. The van der Waals surface area contributed by atoms with E-state index in [0.29, 0.717) is 0 Å². The van der Waals surface area contributed by atoms with Crippen LogP contribution in [-0.4, -0.2) is 26.9 Å². The Kier molecular flexibility index (Phi) is 4.55. The second kappa shape index (κ2) is 4.63. The van der Waals surface area contributed by atoms with E-state index in [1.165, 1.54) is 0 Å². The van der Waals surface area contributed by atoms with E-state index in [1.807, 2.05) is 5.32 Å². The van der Waals surface area contributed by atoms with Crippen LogP contribution in [0.1, 0.15) is 0 Å². The molecule has 66 valence electrons. The molecule has 0 heterocycles. The first-order valence-electron chi connectivity index (χ1n) is 2.43. The second-order valence-corrected chi connectivity index (χ2v) is 3.84.